The fourth-order valence-corrected chi connectivity index (χ4v) is 6.13. The second kappa shape index (κ2) is 5.40. The number of nitrogen functional groups attached to an aromatic ring is 1. The van der Waals surface area contributed by atoms with Gasteiger partial charge >= 0.3 is 0 Å². The SMILES string of the molecule is CC1(C)CCC2(c3ccccc3Sc3ccc(N)cc32)c2ccccc21. The maximum atomic E-state index is 6.26. The van der Waals surface area contributed by atoms with E-state index in [-0.39, 0.29) is 10.8 Å². The Kier molecular flexibility index (Phi) is 3.33. The third kappa shape index (κ3) is 2.05. The molecule has 1 heterocycles. The molecule has 2 aliphatic rings. The molecule has 1 aliphatic heterocycles. The monoisotopic (exact) mass is 357 g/mol. The quantitative estimate of drug-likeness (QED) is 0.489. The minimum Gasteiger partial charge on any atom is -0.399 e. The molecule has 130 valence electrons. The molecule has 0 radical (unpaired) electrons. The van der Waals surface area contributed by atoms with Gasteiger partial charge < -0.3 is 5.73 Å². The largest absolute Gasteiger partial charge is 0.399 e. The third-order valence-electron chi connectivity index (χ3n) is 6.27. The van der Waals surface area contributed by atoms with Gasteiger partial charge in [-0.05, 0) is 64.8 Å². The second-order valence-electron chi connectivity index (χ2n) is 8.19. The summed E-state index contributed by atoms with van der Waals surface area (Å²) in [7, 11) is 0. The molecule has 26 heavy (non-hydrogen) atoms. The summed E-state index contributed by atoms with van der Waals surface area (Å²) >= 11 is 1.88. The fraction of sp³-hybridized carbons (Fsp3) is 0.250. The van der Waals surface area contributed by atoms with E-state index < -0.39 is 0 Å². The molecule has 1 spiro atoms. The van der Waals surface area contributed by atoms with Gasteiger partial charge in [0, 0.05) is 20.9 Å². The van der Waals surface area contributed by atoms with Crippen LogP contribution in [0.2, 0.25) is 0 Å². The first-order valence-corrected chi connectivity index (χ1v) is 10.1. The van der Waals surface area contributed by atoms with E-state index in [0.29, 0.717) is 0 Å². The second-order valence-corrected chi connectivity index (χ2v) is 9.27. The zero-order valence-corrected chi connectivity index (χ0v) is 16.1. The van der Waals surface area contributed by atoms with Crippen molar-refractivity contribution in [1.82, 2.24) is 0 Å². The molecular weight excluding hydrogens is 334 g/mol. The molecule has 5 rings (SSSR count). The van der Waals surface area contributed by atoms with Crippen LogP contribution in [0.3, 0.4) is 0 Å². The first kappa shape index (κ1) is 16.0. The Bertz CT molecular complexity index is 1020. The molecule has 1 unspecified atom stereocenters. The van der Waals surface area contributed by atoms with Crippen LogP contribution in [0.15, 0.2) is 76.5 Å². The molecule has 0 aromatic heterocycles. The van der Waals surface area contributed by atoms with Crippen LogP contribution in [-0.4, -0.2) is 0 Å². The zero-order chi connectivity index (χ0) is 17.9. The van der Waals surface area contributed by atoms with E-state index in [4.69, 9.17) is 5.73 Å². The molecule has 1 aliphatic carbocycles. The molecule has 3 aromatic carbocycles. The Labute approximate surface area is 159 Å². The molecule has 1 atom stereocenters. The van der Waals surface area contributed by atoms with Crippen molar-refractivity contribution in [2.75, 3.05) is 5.73 Å². The number of hydrogen-bond acceptors (Lipinski definition) is 2. The average molecular weight is 358 g/mol. The van der Waals surface area contributed by atoms with Crippen LogP contribution in [0.1, 0.15) is 48.9 Å². The molecule has 2 heteroatoms. The van der Waals surface area contributed by atoms with Crippen molar-refractivity contribution >= 4 is 17.4 Å². The van der Waals surface area contributed by atoms with E-state index in [0.717, 1.165) is 18.5 Å². The maximum absolute atomic E-state index is 6.26. The van der Waals surface area contributed by atoms with E-state index in [9.17, 15) is 0 Å². The van der Waals surface area contributed by atoms with Crippen LogP contribution in [0.5, 0.6) is 0 Å². The Balaban J connectivity index is 1.91. The van der Waals surface area contributed by atoms with Gasteiger partial charge in [-0.15, -0.1) is 0 Å². The minimum atomic E-state index is -0.0985. The van der Waals surface area contributed by atoms with Crippen LogP contribution in [0.25, 0.3) is 0 Å². The number of nitrogens with two attached hydrogens (primary N) is 1. The van der Waals surface area contributed by atoms with Gasteiger partial charge in [-0.25, -0.2) is 0 Å². The average Bonchev–Trinajstić information content (AvgIpc) is 2.65. The van der Waals surface area contributed by atoms with E-state index in [2.05, 4.69) is 74.5 Å². The highest BCUT2D eigenvalue weighted by atomic mass is 32.2. The van der Waals surface area contributed by atoms with Gasteiger partial charge in [0.05, 0.1) is 0 Å². The first-order chi connectivity index (χ1) is 12.5. The Morgan fingerprint density at radius 1 is 0.731 bits per heavy atom. The van der Waals surface area contributed by atoms with Gasteiger partial charge in [0.1, 0.15) is 0 Å². The zero-order valence-electron chi connectivity index (χ0n) is 15.3. The smallest absolute Gasteiger partial charge is 0.0477 e. The van der Waals surface area contributed by atoms with Crippen LogP contribution in [0.4, 0.5) is 5.69 Å². The predicted octanol–water partition coefficient (Wildman–Crippen LogP) is 6.14. The molecule has 1 nitrogen and oxygen atoms in total. The molecule has 0 saturated carbocycles. The topological polar surface area (TPSA) is 26.0 Å². The summed E-state index contributed by atoms with van der Waals surface area (Å²) in [4.78, 5) is 2.71. The summed E-state index contributed by atoms with van der Waals surface area (Å²) in [5, 5.41) is 0. The molecule has 0 bridgehead atoms. The van der Waals surface area contributed by atoms with Crippen molar-refractivity contribution in [3.63, 3.8) is 0 Å². The van der Waals surface area contributed by atoms with Crippen molar-refractivity contribution in [3.05, 3.63) is 89.0 Å². The lowest BCUT2D eigenvalue weighted by Crippen LogP contribution is -2.41. The molecule has 3 aromatic rings. The van der Waals surface area contributed by atoms with Gasteiger partial charge in [-0.2, -0.15) is 0 Å². The number of rotatable bonds is 0. The molecule has 0 fully saturated rings. The van der Waals surface area contributed by atoms with E-state index in [1.807, 2.05) is 17.8 Å². The van der Waals surface area contributed by atoms with Crippen molar-refractivity contribution in [2.45, 2.75) is 47.3 Å². The van der Waals surface area contributed by atoms with Crippen LogP contribution < -0.4 is 5.73 Å². The standard InChI is InChI=1S/C24H23NS/c1-23(2)13-14-24(18-8-4-3-7-17(18)23)19-9-5-6-10-21(19)26-22-12-11-16(25)15-20(22)24/h3-12,15H,13-14,25H2,1-2H3. The molecule has 2 N–H and O–H groups in total. The molecule has 0 amide bonds. The summed E-state index contributed by atoms with van der Waals surface area (Å²) in [5.74, 6) is 0. The summed E-state index contributed by atoms with van der Waals surface area (Å²) in [6, 6.07) is 24.4. The van der Waals surface area contributed by atoms with Crippen LogP contribution in [0, 0.1) is 0 Å². The summed E-state index contributed by atoms with van der Waals surface area (Å²) in [5.41, 5.74) is 12.9. The van der Waals surface area contributed by atoms with Crippen LogP contribution >= 0.6 is 11.8 Å². The highest BCUT2D eigenvalue weighted by molar-refractivity contribution is 7.99. The van der Waals surface area contributed by atoms with Crippen molar-refractivity contribution in [1.29, 1.82) is 0 Å². The Morgan fingerprint density at radius 3 is 2.19 bits per heavy atom. The highest BCUT2D eigenvalue weighted by Gasteiger charge is 2.48. The minimum absolute atomic E-state index is 0.0985. The third-order valence-corrected chi connectivity index (χ3v) is 7.42. The Morgan fingerprint density at radius 2 is 1.38 bits per heavy atom. The molecular formula is C24H23NS. The summed E-state index contributed by atoms with van der Waals surface area (Å²) < 4.78 is 0. The van der Waals surface area contributed by atoms with Gasteiger partial charge in [-0.1, -0.05) is 68.1 Å². The lowest BCUT2D eigenvalue weighted by atomic mass is 9.56. The van der Waals surface area contributed by atoms with E-state index >= 15 is 0 Å². The normalized spacial score (nSPS) is 22.4. The lowest BCUT2D eigenvalue weighted by Gasteiger charge is -2.49. The van der Waals surface area contributed by atoms with Crippen molar-refractivity contribution < 1.29 is 0 Å². The van der Waals surface area contributed by atoms with Gasteiger partial charge in [0.25, 0.3) is 0 Å². The highest BCUT2D eigenvalue weighted by Crippen LogP contribution is 2.59. The number of benzene rings is 3. The fourth-order valence-electron chi connectivity index (χ4n) is 4.92. The number of anilines is 1. The molecule has 0 saturated heterocycles. The number of hydrogen-bond donors (Lipinski definition) is 1. The summed E-state index contributed by atoms with van der Waals surface area (Å²) in [6.45, 7) is 4.75. The van der Waals surface area contributed by atoms with Crippen molar-refractivity contribution in [3.8, 4) is 0 Å². The maximum Gasteiger partial charge on any atom is 0.0477 e. The Hall–Kier alpha value is -2.19. The van der Waals surface area contributed by atoms with E-state index in [1.165, 1.54) is 32.0 Å². The van der Waals surface area contributed by atoms with Crippen molar-refractivity contribution in [2.24, 2.45) is 0 Å². The lowest BCUT2D eigenvalue weighted by molar-refractivity contribution is 0.359. The van der Waals surface area contributed by atoms with Gasteiger partial charge in [0.2, 0.25) is 0 Å². The summed E-state index contributed by atoms with van der Waals surface area (Å²) in [6.07, 6.45) is 2.28. The number of fused-ring (bicyclic) bond motifs is 6. The van der Waals surface area contributed by atoms with Crippen LogP contribution in [-0.2, 0) is 10.8 Å². The van der Waals surface area contributed by atoms with Gasteiger partial charge in [-0.3, -0.25) is 0 Å². The van der Waals surface area contributed by atoms with Gasteiger partial charge in [0.15, 0.2) is 0 Å². The predicted molar refractivity (Wildman–Crippen MR) is 110 cm³/mol. The first-order valence-electron chi connectivity index (χ1n) is 9.30. The van der Waals surface area contributed by atoms with E-state index in [1.54, 1.807) is 0 Å².